The van der Waals surface area contributed by atoms with E-state index in [0.29, 0.717) is 0 Å². The molecule has 1 aromatic carbocycles. The third-order valence-electron chi connectivity index (χ3n) is 8.54. The molecule has 2 nitrogen and oxygen atoms in total. The normalized spacial score (nSPS) is 47.0. The third-order valence-corrected chi connectivity index (χ3v) is 8.54. The lowest BCUT2D eigenvalue weighted by molar-refractivity contribution is -0.125. The summed E-state index contributed by atoms with van der Waals surface area (Å²) in [5.41, 5.74) is -1.18. The molecular formula is C24H27FO2. The number of hydrogen-bond donors (Lipinski definition) is 0. The molecule has 1 aromatic rings. The Morgan fingerprint density at radius 2 is 1.74 bits per heavy atom. The van der Waals surface area contributed by atoms with Crippen LogP contribution in [0.2, 0.25) is 0 Å². The molecule has 0 heterocycles. The molecular weight excluding hydrogens is 339 g/mol. The number of rotatable bonds is 2. The van der Waals surface area contributed by atoms with Crippen molar-refractivity contribution in [2.75, 3.05) is 7.11 Å². The van der Waals surface area contributed by atoms with Crippen molar-refractivity contribution in [2.24, 2.45) is 22.7 Å². The lowest BCUT2D eigenvalue weighted by Gasteiger charge is -2.51. The van der Waals surface area contributed by atoms with Gasteiger partial charge in [-0.15, -0.1) is 0 Å². The number of allylic oxidation sites excluding steroid dienone is 4. The van der Waals surface area contributed by atoms with Gasteiger partial charge >= 0.3 is 0 Å². The zero-order valence-electron chi connectivity index (χ0n) is 16.3. The summed E-state index contributed by atoms with van der Waals surface area (Å²) < 4.78 is 21.2. The van der Waals surface area contributed by atoms with Crippen LogP contribution in [-0.4, -0.2) is 18.6 Å². The van der Waals surface area contributed by atoms with Gasteiger partial charge in [0.2, 0.25) is 0 Å². The molecule has 0 aliphatic heterocycles. The molecule has 27 heavy (non-hydrogen) atoms. The van der Waals surface area contributed by atoms with Crippen molar-refractivity contribution in [3.05, 3.63) is 54.1 Å². The van der Waals surface area contributed by atoms with Gasteiger partial charge in [0.25, 0.3) is 0 Å². The molecule has 0 spiro atoms. The summed E-state index contributed by atoms with van der Waals surface area (Å²) >= 11 is 0. The molecule has 4 aliphatic carbocycles. The quantitative estimate of drug-likeness (QED) is 0.674. The SMILES string of the molecule is COc1ccc([C@@]23C=C[C@]4(CCCC[C@]42C)[C@H]2[C@@H]3C(=O)C=C[C@@]2(C)F)cc1. The van der Waals surface area contributed by atoms with Crippen molar-refractivity contribution in [2.45, 2.75) is 50.6 Å². The molecule has 0 aromatic heterocycles. The Balaban J connectivity index is 1.80. The third kappa shape index (κ3) is 1.75. The van der Waals surface area contributed by atoms with Gasteiger partial charge in [-0.3, -0.25) is 4.79 Å². The highest BCUT2D eigenvalue weighted by Gasteiger charge is 2.79. The van der Waals surface area contributed by atoms with Crippen LogP contribution >= 0.6 is 0 Å². The number of alkyl halides is 1. The van der Waals surface area contributed by atoms with E-state index < -0.39 is 11.1 Å². The Morgan fingerprint density at radius 3 is 2.44 bits per heavy atom. The summed E-state index contributed by atoms with van der Waals surface area (Å²) in [6, 6.07) is 8.11. The number of hydrogen-bond acceptors (Lipinski definition) is 2. The van der Waals surface area contributed by atoms with Gasteiger partial charge < -0.3 is 4.74 Å². The molecule has 5 rings (SSSR count). The second-order valence-corrected chi connectivity index (χ2v) is 9.35. The predicted molar refractivity (Wildman–Crippen MR) is 103 cm³/mol. The highest BCUT2D eigenvalue weighted by molar-refractivity contribution is 5.96. The summed E-state index contributed by atoms with van der Waals surface area (Å²) in [6.45, 7) is 3.99. The van der Waals surface area contributed by atoms with E-state index in [2.05, 4.69) is 31.2 Å². The maximum Gasteiger partial charge on any atom is 0.160 e. The Morgan fingerprint density at radius 1 is 1.04 bits per heavy atom. The molecule has 142 valence electrons. The second-order valence-electron chi connectivity index (χ2n) is 9.35. The smallest absolute Gasteiger partial charge is 0.160 e. The number of ether oxygens (including phenoxy) is 1. The first-order valence-electron chi connectivity index (χ1n) is 10.1. The number of halogens is 1. The van der Waals surface area contributed by atoms with Crippen LogP contribution in [0.25, 0.3) is 0 Å². The number of fused-ring (bicyclic) bond motifs is 2. The van der Waals surface area contributed by atoms with E-state index in [4.69, 9.17) is 4.74 Å². The minimum absolute atomic E-state index is 0.0882. The fourth-order valence-electron chi connectivity index (χ4n) is 7.47. The molecule has 0 saturated heterocycles. The van der Waals surface area contributed by atoms with E-state index in [9.17, 15) is 4.79 Å². The van der Waals surface area contributed by atoms with Crippen molar-refractivity contribution < 1.29 is 13.9 Å². The van der Waals surface area contributed by atoms with Crippen molar-refractivity contribution in [3.63, 3.8) is 0 Å². The standard InChI is InChI=1S/C24H27FO2/c1-21(25)13-10-18(26)19-20(21)23-12-5-4-11-22(23,2)24(19,15-14-23)16-6-8-17(27-3)9-7-16/h6-10,13-15,19-20H,4-5,11-12H2,1-3H3/t19-,20-,21+,22+,23+,24+/m0/s1. The monoisotopic (exact) mass is 366 g/mol. The van der Waals surface area contributed by atoms with Crippen molar-refractivity contribution >= 4 is 5.78 Å². The number of benzene rings is 1. The lowest BCUT2D eigenvalue weighted by atomic mass is 9.52. The van der Waals surface area contributed by atoms with Crippen molar-refractivity contribution in [1.82, 2.24) is 0 Å². The highest BCUT2D eigenvalue weighted by Crippen LogP contribution is 2.80. The van der Waals surface area contributed by atoms with Gasteiger partial charge in [-0.1, -0.05) is 44.1 Å². The summed E-state index contributed by atoms with van der Waals surface area (Å²) in [6.07, 6.45) is 11.8. The van der Waals surface area contributed by atoms with Gasteiger partial charge in [0.05, 0.1) is 7.11 Å². The van der Waals surface area contributed by atoms with E-state index in [1.165, 1.54) is 12.2 Å². The fourth-order valence-corrected chi connectivity index (χ4v) is 7.47. The molecule has 0 unspecified atom stereocenters. The minimum atomic E-state index is -1.46. The molecule has 3 heteroatoms. The van der Waals surface area contributed by atoms with Crippen LogP contribution in [0.15, 0.2) is 48.6 Å². The van der Waals surface area contributed by atoms with Gasteiger partial charge in [0, 0.05) is 22.7 Å². The molecule has 2 saturated carbocycles. The second kappa shape index (κ2) is 5.12. The average Bonchev–Trinajstić information content (AvgIpc) is 3.06. The van der Waals surface area contributed by atoms with Crippen LogP contribution in [0, 0.1) is 22.7 Å². The van der Waals surface area contributed by atoms with Gasteiger partial charge in [0.15, 0.2) is 5.78 Å². The summed E-state index contributed by atoms with van der Waals surface area (Å²) in [7, 11) is 1.66. The van der Waals surface area contributed by atoms with Crippen molar-refractivity contribution in [3.8, 4) is 5.75 Å². The van der Waals surface area contributed by atoms with Crippen LogP contribution in [0.5, 0.6) is 5.75 Å². The van der Waals surface area contributed by atoms with Gasteiger partial charge in [-0.05, 0) is 55.0 Å². The van der Waals surface area contributed by atoms with Crippen LogP contribution < -0.4 is 4.74 Å². The Labute approximate surface area is 160 Å². The van der Waals surface area contributed by atoms with E-state index in [0.717, 1.165) is 37.0 Å². The van der Waals surface area contributed by atoms with Crippen LogP contribution in [0.3, 0.4) is 0 Å². The first-order valence-corrected chi connectivity index (χ1v) is 10.1. The van der Waals surface area contributed by atoms with E-state index in [-0.39, 0.29) is 28.4 Å². The topological polar surface area (TPSA) is 26.3 Å². The molecule has 0 N–H and O–H groups in total. The Hall–Kier alpha value is -1.90. The number of carbonyl (C=O) groups excluding carboxylic acids is 1. The maximum absolute atomic E-state index is 15.9. The van der Waals surface area contributed by atoms with E-state index in [1.807, 2.05) is 12.1 Å². The average molecular weight is 366 g/mol. The lowest BCUT2D eigenvalue weighted by Crippen LogP contribution is -2.50. The summed E-state index contributed by atoms with van der Waals surface area (Å²) in [5, 5.41) is 0. The molecule has 0 radical (unpaired) electrons. The molecule has 6 atom stereocenters. The zero-order chi connectivity index (χ0) is 19.1. The minimum Gasteiger partial charge on any atom is -0.497 e. The van der Waals surface area contributed by atoms with Crippen LogP contribution in [-0.2, 0) is 10.2 Å². The predicted octanol–water partition coefficient (Wildman–Crippen LogP) is 5.18. The Kier molecular flexibility index (Phi) is 3.27. The van der Waals surface area contributed by atoms with E-state index >= 15 is 4.39 Å². The summed E-state index contributed by atoms with van der Waals surface area (Å²) in [5.74, 6) is 0.265. The number of ketones is 1. The van der Waals surface area contributed by atoms with Crippen LogP contribution in [0.4, 0.5) is 4.39 Å². The molecule has 0 amide bonds. The zero-order valence-corrected chi connectivity index (χ0v) is 16.3. The largest absolute Gasteiger partial charge is 0.497 e. The van der Waals surface area contributed by atoms with Gasteiger partial charge in [-0.2, -0.15) is 0 Å². The Bertz CT molecular complexity index is 867. The number of methoxy groups -OCH3 is 1. The summed E-state index contributed by atoms with van der Waals surface area (Å²) in [4.78, 5) is 13.2. The molecule has 2 fully saturated rings. The first kappa shape index (κ1) is 17.2. The van der Waals surface area contributed by atoms with Gasteiger partial charge in [0.1, 0.15) is 11.4 Å². The van der Waals surface area contributed by atoms with Crippen molar-refractivity contribution in [1.29, 1.82) is 0 Å². The number of carbonyl (C=O) groups is 1. The first-order chi connectivity index (χ1) is 12.8. The van der Waals surface area contributed by atoms with Gasteiger partial charge in [-0.25, -0.2) is 4.39 Å². The molecule has 4 aliphatic rings. The maximum atomic E-state index is 15.9. The van der Waals surface area contributed by atoms with E-state index in [1.54, 1.807) is 14.0 Å². The highest BCUT2D eigenvalue weighted by atomic mass is 19.1. The molecule has 2 bridgehead atoms. The fraction of sp³-hybridized carbons (Fsp3) is 0.542. The van der Waals surface area contributed by atoms with Crippen LogP contribution in [0.1, 0.15) is 45.1 Å².